The zero-order chi connectivity index (χ0) is 17.7. The highest BCUT2D eigenvalue weighted by atomic mass is 16.5. The van der Waals surface area contributed by atoms with Gasteiger partial charge in [-0.25, -0.2) is 0 Å². The van der Waals surface area contributed by atoms with Gasteiger partial charge in [-0.05, 0) is 24.3 Å². The van der Waals surface area contributed by atoms with Crippen LogP contribution in [0.25, 0.3) is 5.76 Å². The number of aliphatic hydroxyl groups excluding tert-OH is 1. The van der Waals surface area contributed by atoms with Crippen molar-refractivity contribution in [3.05, 3.63) is 53.6 Å². The fourth-order valence-electron chi connectivity index (χ4n) is 2.14. The van der Waals surface area contributed by atoms with Crippen molar-refractivity contribution in [1.82, 2.24) is 0 Å². The molecule has 0 aliphatic rings. The summed E-state index contributed by atoms with van der Waals surface area (Å²) in [5.41, 5.74) is 0.384. The van der Waals surface area contributed by atoms with Crippen LogP contribution in [0.4, 0.5) is 0 Å². The number of hydrogen-bond acceptors (Lipinski definition) is 6. The molecule has 0 saturated heterocycles. The molecule has 0 bridgehead atoms. The SMILES string of the molecule is COc1ccc(/C(O)=C/C(=O)c2c(O)cc(OC)cc2OC)cc1. The van der Waals surface area contributed by atoms with Gasteiger partial charge in [0.2, 0.25) is 0 Å². The molecule has 0 aromatic heterocycles. The molecule has 0 fully saturated rings. The van der Waals surface area contributed by atoms with E-state index in [1.165, 1.54) is 33.5 Å². The van der Waals surface area contributed by atoms with E-state index in [9.17, 15) is 15.0 Å². The van der Waals surface area contributed by atoms with E-state index >= 15 is 0 Å². The first-order chi connectivity index (χ1) is 11.5. The molecule has 6 heteroatoms. The van der Waals surface area contributed by atoms with E-state index in [2.05, 4.69) is 0 Å². The number of allylic oxidation sites excluding steroid dienone is 1. The van der Waals surface area contributed by atoms with Crippen LogP contribution in [0, 0.1) is 0 Å². The summed E-state index contributed by atoms with van der Waals surface area (Å²) in [6, 6.07) is 9.33. The van der Waals surface area contributed by atoms with Crippen molar-refractivity contribution in [2.24, 2.45) is 0 Å². The predicted octanol–water partition coefficient (Wildman–Crippen LogP) is 3.20. The number of carbonyl (C=O) groups is 1. The molecule has 2 rings (SSSR count). The van der Waals surface area contributed by atoms with Crippen molar-refractivity contribution in [3.8, 4) is 23.0 Å². The van der Waals surface area contributed by atoms with Gasteiger partial charge in [0.25, 0.3) is 0 Å². The van der Waals surface area contributed by atoms with E-state index in [0.29, 0.717) is 17.1 Å². The van der Waals surface area contributed by atoms with Gasteiger partial charge >= 0.3 is 0 Å². The molecule has 2 N–H and O–H groups in total. The van der Waals surface area contributed by atoms with Crippen molar-refractivity contribution in [2.75, 3.05) is 21.3 Å². The predicted molar refractivity (Wildman–Crippen MR) is 89.1 cm³/mol. The largest absolute Gasteiger partial charge is 0.507 e. The number of phenols is 1. The van der Waals surface area contributed by atoms with Crippen LogP contribution in [0.3, 0.4) is 0 Å². The lowest BCUT2D eigenvalue weighted by Gasteiger charge is -2.10. The van der Waals surface area contributed by atoms with Gasteiger partial charge < -0.3 is 24.4 Å². The summed E-state index contributed by atoms with van der Waals surface area (Å²) in [5.74, 6) is 0.00228. The van der Waals surface area contributed by atoms with Gasteiger partial charge in [0, 0.05) is 23.8 Å². The minimum atomic E-state index is -0.597. The number of benzene rings is 2. The summed E-state index contributed by atoms with van der Waals surface area (Å²) in [4.78, 5) is 12.4. The number of aromatic hydroxyl groups is 1. The summed E-state index contributed by atoms with van der Waals surface area (Å²) in [6.45, 7) is 0. The van der Waals surface area contributed by atoms with Crippen LogP contribution in [-0.2, 0) is 0 Å². The molecule has 0 unspecified atom stereocenters. The second-order valence-electron chi connectivity index (χ2n) is 4.85. The monoisotopic (exact) mass is 330 g/mol. The second-order valence-corrected chi connectivity index (χ2v) is 4.85. The molecule has 0 amide bonds. The topological polar surface area (TPSA) is 85.2 Å². The van der Waals surface area contributed by atoms with E-state index in [-0.39, 0.29) is 22.8 Å². The quantitative estimate of drug-likeness (QED) is 0.481. The van der Waals surface area contributed by atoms with Crippen molar-refractivity contribution in [3.63, 3.8) is 0 Å². The van der Waals surface area contributed by atoms with E-state index in [1.807, 2.05) is 0 Å². The highest BCUT2D eigenvalue weighted by Crippen LogP contribution is 2.34. The Morgan fingerprint density at radius 1 is 0.958 bits per heavy atom. The third kappa shape index (κ3) is 3.60. The third-order valence-corrected chi connectivity index (χ3v) is 3.41. The highest BCUT2D eigenvalue weighted by molar-refractivity contribution is 6.11. The molecular formula is C18H18O6. The zero-order valence-electron chi connectivity index (χ0n) is 13.6. The first kappa shape index (κ1) is 17.2. The number of aliphatic hydroxyl groups is 1. The number of hydrogen-bond donors (Lipinski definition) is 2. The standard InChI is InChI=1S/C18H18O6/c1-22-12-6-4-11(5-7-12)14(19)10-16(21)18-15(20)8-13(23-2)9-17(18)24-3/h4-10,19-20H,1-3H3/b14-10-. The lowest BCUT2D eigenvalue weighted by molar-refractivity contribution is 0.104. The van der Waals surface area contributed by atoms with Gasteiger partial charge in [-0.3, -0.25) is 4.79 Å². The van der Waals surface area contributed by atoms with Crippen LogP contribution >= 0.6 is 0 Å². The Bertz CT molecular complexity index is 762. The Balaban J connectivity index is 2.37. The molecule has 2 aromatic carbocycles. The Hall–Kier alpha value is -3.15. The fourth-order valence-corrected chi connectivity index (χ4v) is 2.14. The summed E-state index contributed by atoms with van der Waals surface area (Å²) >= 11 is 0. The molecule has 24 heavy (non-hydrogen) atoms. The van der Waals surface area contributed by atoms with Crippen LogP contribution in [0.5, 0.6) is 23.0 Å². The van der Waals surface area contributed by atoms with E-state index in [1.54, 1.807) is 24.3 Å². The molecule has 0 aliphatic heterocycles. The number of ether oxygens (including phenoxy) is 3. The fraction of sp³-hybridized carbons (Fsp3) is 0.167. The lowest BCUT2D eigenvalue weighted by Crippen LogP contribution is -2.02. The van der Waals surface area contributed by atoms with Gasteiger partial charge in [-0.15, -0.1) is 0 Å². The maximum absolute atomic E-state index is 12.4. The molecule has 126 valence electrons. The minimum absolute atomic E-state index is 0.0571. The number of rotatable bonds is 6. The van der Waals surface area contributed by atoms with Gasteiger partial charge in [0.15, 0.2) is 5.78 Å². The maximum Gasteiger partial charge on any atom is 0.197 e. The number of carbonyl (C=O) groups excluding carboxylic acids is 1. The van der Waals surface area contributed by atoms with Crippen LogP contribution < -0.4 is 14.2 Å². The van der Waals surface area contributed by atoms with Crippen LogP contribution in [0.1, 0.15) is 15.9 Å². The van der Waals surface area contributed by atoms with Gasteiger partial charge in [0.1, 0.15) is 34.3 Å². The molecule has 0 heterocycles. The average molecular weight is 330 g/mol. The molecule has 0 saturated carbocycles. The normalized spacial score (nSPS) is 11.0. The summed E-state index contributed by atoms with van der Waals surface area (Å²) in [7, 11) is 4.34. The van der Waals surface area contributed by atoms with Gasteiger partial charge in [-0.2, -0.15) is 0 Å². The lowest BCUT2D eigenvalue weighted by atomic mass is 10.1. The molecular weight excluding hydrogens is 312 g/mol. The molecule has 0 radical (unpaired) electrons. The summed E-state index contributed by atoms with van der Waals surface area (Å²) < 4.78 is 15.2. The Labute approximate surface area is 139 Å². The summed E-state index contributed by atoms with van der Waals surface area (Å²) in [5, 5.41) is 20.2. The second kappa shape index (κ2) is 7.41. The van der Waals surface area contributed by atoms with E-state index < -0.39 is 5.78 Å². The van der Waals surface area contributed by atoms with Crippen LogP contribution in [-0.4, -0.2) is 37.3 Å². The maximum atomic E-state index is 12.4. The average Bonchev–Trinajstić information content (AvgIpc) is 2.60. The first-order valence-electron chi connectivity index (χ1n) is 7.04. The van der Waals surface area contributed by atoms with E-state index in [0.717, 1.165) is 6.08 Å². The van der Waals surface area contributed by atoms with Crippen LogP contribution in [0.15, 0.2) is 42.5 Å². The van der Waals surface area contributed by atoms with Gasteiger partial charge in [0.05, 0.1) is 21.3 Å². The van der Waals surface area contributed by atoms with E-state index in [4.69, 9.17) is 14.2 Å². The van der Waals surface area contributed by atoms with Crippen molar-refractivity contribution < 1.29 is 29.2 Å². The number of ketones is 1. The Morgan fingerprint density at radius 2 is 1.58 bits per heavy atom. The first-order valence-corrected chi connectivity index (χ1v) is 7.04. The van der Waals surface area contributed by atoms with Gasteiger partial charge in [-0.1, -0.05) is 0 Å². The molecule has 0 atom stereocenters. The smallest absolute Gasteiger partial charge is 0.197 e. The molecule has 6 nitrogen and oxygen atoms in total. The minimum Gasteiger partial charge on any atom is -0.507 e. The van der Waals surface area contributed by atoms with Crippen molar-refractivity contribution in [1.29, 1.82) is 0 Å². The number of methoxy groups -OCH3 is 3. The summed E-state index contributed by atoms with van der Waals surface area (Å²) in [6.07, 6.45) is 1.02. The number of phenolic OH excluding ortho intramolecular Hbond substituents is 1. The van der Waals surface area contributed by atoms with Crippen molar-refractivity contribution in [2.45, 2.75) is 0 Å². The van der Waals surface area contributed by atoms with Crippen LogP contribution in [0.2, 0.25) is 0 Å². The highest BCUT2D eigenvalue weighted by Gasteiger charge is 2.18. The Kier molecular flexibility index (Phi) is 5.31. The Morgan fingerprint density at radius 3 is 2.12 bits per heavy atom. The third-order valence-electron chi connectivity index (χ3n) is 3.41. The molecule has 0 spiro atoms. The zero-order valence-corrected chi connectivity index (χ0v) is 13.6. The molecule has 2 aromatic rings. The molecule has 0 aliphatic carbocycles. The van der Waals surface area contributed by atoms with Crippen molar-refractivity contribution >= 4 is 11.5 Å².